The average molecular weight is 579 g/mol. The largest absolute Gasteiger partial charge is 0.493 e. The van der Waals surface area contributed by atoms with Gasteiger partial charge in [0, 0.05) is 15.7 Å². The average Bonchev–Trinajstić information content (AvgIpc) is 2.71. The zero-order chi connectivity index (χ0) is 23.8. The van der Waals surface area contributed by atoms with Crippen LogP contribution in [0.2, 0.25) is 0 Å². The van der Waals surface area contributed by atoms with E-state index in [1.165, 1.54) is 18.5 Å². The van der Waals surface area contributed by atoms with Gasteiger partial charge in [-0.15, -0.1) is 0 Å². The van der Waals surface area contributed by atoms with Gasteiger partial charge in [0.15, 0.2) is 17.5 Å². The molecule has 0 spiro atoms. The molecule has 0 saturated heterocycles. The standard InChI is InChI=1S/C23H34INO6S/c1-13(2)15-8-7-14(3)11-18(15)31-23(26)21-20-16(9-10-25(21)32(6,27)28)17(24)12-19(29-4)22(20)30-5/h12-15,18,21H,7-11H2,1-6H3/t14-,15+,18-,21?/m1/s1. The van der Waals surface area contributed by atoms with Crippen LogP contribution in [0.3, 0.4) is 0 Å². The van der Waals surface area contributed by atoms with E-state index >= 15 is 0 Å². The molecule has 2 aliphatic rings. The molecule has 0 radical (unpaired) electrons. The fraction of sp³-hybridized carbons (Fsp3) is 0.696. The van der Waals surface area contributed by atoms with Crippen LogP contribution < -0.4 is 9.47 Å². The topological polar surface area (TPSA) is 82.1 Å². The number of rotatable bonds is 6. The van der Waals surface area contributed by atoms with Gasteiger partial charge in [0.25, 0.3) is 0 Å². The minimum absolute atomic E-state index is 0.214. The highest BCUT2D eigenvalue weighted by Crippen LogP contribution is 2.46. The summed E-state index contributed by atoms with van der Waals surface area (Å²) in [6.45, 7) is 6.69. The Bertz CT molecular complexity index is 964. The molecule has 4 atom stereocenters. The second-order valence-corrected chi connectivity index (χ2v) is 12.4. The van der Waals surface area contributed by atoms with E-state index in [0.29, 0.717) is 35.3 Å². The van der Waals surface area contributed by atoms with E-state index in [4.69, 9.17) is 14.2 Å². The van der Waals surface area contributed by atoms with Crippen LogP contribution in [-0.2, 0) is 26.0 Å². The molecule has 1 aliphatic heterocycles. The Balaban J connectivity index is 2.09. The highest BCUT2D eigenvalue weighted by atomic mass is 127. The van der Waals surface area contributed by atoms with Crippen molar-refractivity contribution in [1.82, 2.24) is 4.31 Å². The third-order valence-electron chi connectivity index (χ3n) is 6.79. The second-order valence-electron chi connectivity index (χ2n) is 9.31. The molecule has 0 bridgehead atoms. The van der Waals surface area contributed by atoms with Crippen molar-refractivity contribution < 1.29 is 27.4 Å². The van der Waals surface area contributed by atoms with Gasteiger partial charge >= 0.3 is 5.97 Å². The number of fused-ring (bicyclic) bond motifs is 1. The number of ether oxygens (including phenoxy) is 3. The summed E-state index contributed by atoms with van der Waals surface area (Å²) in [7, 11) is -0.634. The van der Waals surface area contributed by atoms with Gasteiger partial charge in [0.2, 0.25) is 10.0 Å². The first kappa shape index (κ1) is 25.6. The summed E-state index contributed by atoms with van der Waals surface area (Å²) < 4.78 is 44.8. The van der Waals surface area contributed by atoms with E-state index in [2.05, 4.69) is 43.4 Å². The van der Waals surface area contributed by atoms with Crippen LogP contribution in [0.25, 0.3) is 0 Å². The van der Waals surface area contributed by atoms with Crippen LogP contribution in [0.15, 0.2) is 6.07 Å². The van der Waals surface area contributed by atoms with Gasteiger partial charge in [-0.05, 0) is 71.2 Å². The van der Waals surface area contributed by atoms with E-state index in [1.54, 1.807) is 0 Å². The van der Waals surface area contributed by atoms with E-state index < -0.39 is 22.0 Å². The van der Waals surface area contributed by atoms with Gasteiger partial charge in [0.1, 0.15) is 6.10 Å². The summed E-state index contributed by atoms with van der Waals surface area (Å²) >= 11 is 2.20. The maximum Gasteiger partial charge on any atom is 0.329 e. The molecule has 1 fully saturated rings. The lowest BCUT2D eigenvalue weighted by atomic mass is 9.75. The summed E-state index contributed by atoms with van der Waals surface area (Å²) in [5.74, 6) is 1.41. The Kier molecular flexibility index (Phi) is 8.02. The van der Waals surface area contributed by atoms with Gasteiger partial charge < -0.3 is 14.2 Å². The fourth-order valence-electron chi connectivity index (χ4n) is 5.12. The number of hydrogen-bond donors (Lipinski definition) is 0. The quantitative estimate of drug-likeness (QED) is 0.372. The van der Waals surface area contributed by atoms with Crippen LogP contribution in [0.5, 0.6) is 11.5 Å². The normalized spacial score (nSPS) is 26.5. The van der Waals surface area contributed by atoms with E-state index in [0.717, 1.165) is 34.7 Å². The van der Waals surface area contributed by atoms with Crippen LogP contribution in [0.4, 0.5) is 0 Å². The second kappa shape index (κ2) is 10.0. The van der Waals surface area contributed by atoms with Crippen molar-refractivity contribution in [3.8, 4) is 11.5 Å². The van der Waals surface area contributed by atoms with Crippen LogP contribution >= 0.6 is 22.6 Å². The highest BCUT2D eigenvalue weighted by molar-refractivity contribution is 14.1. The molecule has 1 heterocycles. The van der Waals surface area contributed by atoms with Crippen molar-refractivity contribution >= 4 is 38.6 Å². The Labute approximate surface area is 205 Å². The lowest BCUT2D eigenvalue weighted by Crippen LogP contribution is -2.46. The molecule has 1 unspecified atom stereocenters. The Hall–Kier alpha value is -1.07. The molecule has 1 aromatic rings. The monoisotopic (exact) mass is 579 g/mol. The van der Waals surface area contributed by atoms with Crippen molar-refractivity contribution in [3.63, 3.8) is 0 Å². The Morgan fingerprint density at radius 3 is 2.47 bits per heavy atom. The smallest absolute Gasteiger partial charge is 0.329 e. The summed E-state index contributed by atoms with van der Waals surface area (Å²) in [6, 6.07) is 0.756. The van der Waals surface area contributed by atoms with Crippen molar-refractivity contribution in [3.05, 3.63) is 20.8 Å². The molecule has 7 nitrogen and oxygen atoms in total. The van der Waals surface area contributed by atoms with Crippen LogP contribution in [0.1, 0.15) is 57.2 Å². The first-order valence-electron chi connectivity index (χ1n) is 11.1. The molecular weight excluding hydrogens is 545 g/mol. The number of benzene rings is 1. The number of methoxy groups -OCH3 is 2. The molecule has 0 N–H and O–H groups in total. The summed E-state index contributed by atoms with van der Waals surface area (Å²) in [6.07, 6.45) is 4.30. The maximum atomic E-state index is 13.7. The van der Waals surface area contributed by atoms with Gasteiger partial charge in [-0.1, -0.05) is 27.2 Å². The van der Waals surface area contributed by atoms with Gasteiger partial charge in [-0.2, -0.15) is 4.31 Å². The number of halogens is 1. The molecule has 1 aliphatic carbocycles. The van der Waals surface area contributed by atoms with E-state index in [1.807, 2.05) is 6.07 Å². The minimum Gasteiger partial charge on any atom is -0.493 e. The number of esters is 1. The number of carbonyl (C=O) groups excluding carboxylic acids is 1. The lowest BCUT2D eigenvalue weighted by molar-refractivity contribution is -0.161. The lowest BCUT2D eigenvalue weighted by Gasteiger charge is -2.40. The molecule has 180 valence electrons. The number of carbonyl (C=O) groups is 1. The van der Waals surface area contributed by atoms with Gasteiger partial charge in [0.05, 0.1) is 20.5 Å². The zero-order valence-corrected chi connectivity index (χ0v) is 22.7. The molecule has 0 aromatic heterocycles. The predicted octanol–water partition coefficient (Wildman–Crippen LogP) is 4.17. The number of nitrogens with zero attached hydrogens (tertiary/aromatic N) is 1. The highest BCUT2D eigenvalue weighted by Gasteiger charge is 2.45. The zero-order valence-electron chi connectivity index (χ0n) is 19.7. The number of sulfonamides is 1. The summed E-state index contributed by atoms with van der Waals surface area (Å²) in [4.78, 5) is 13.7. The summed E-state index contributed by atoms with van der Waals surface area (Å²) in [5.41, 5.74) is 1.44. The van der Waals surface area contributed by atoms with Crippen LogP contribution in [0, 0.1) is 21.3 Å². The third kappa shape index (κ3) is 5.04. The third-order valence-corrected chi connectivity index (χ3v) is 8.99. The maximum absolute atomic E-state index is 13.7. The van der Waals surface area contributed by atoms with Gasteiger partial charge in [-0.3, -0.25) is 0 Å². The molecular formula is C23H34INO6S. The SMILES string of the molecule is COc1cc(I)c2c(c1OC)C(C(=O)O[C@@H]1C[C@H](C)CC[C@H]1C(C)C)N(S(C)(=O)=O)CC2. The van der Waals surface area contributed by atoms with E-state index in [-0.39, 0.29) is 18.6 Å². The van der Waals surface area contributed by atoms with Gasteiger partial charge in [-0.25, -0.2) is 13.2 Å². The van der Waals surface area contributed by atoms with Crippen molar-refractivity contribution in [2.24, 2.45) is 17.8 Å². The van der Waals surface area contributed by atoms with Crippen molar-refractivity contribution in [1.29, 1.82) is 0 Å². The Morgan fingerprint density at radius 2 is 1.91 bits per heavy atom. The molecule has 32 heavy (non-hydrogen) atoms. The Morgan fingerprint density at radius 1 is 1.22 bits per heavy atom. The van der Waals surface area contributed by atoms with Crippen molar-refractivity contribution in [2.45, 2.75) is 58.6 Å². The van der Waals surface area contributed by atoms with Crippen molar-refractivity contribution in [2.75, 3.05) is 27.0 Å². The minimum atomic E-state index is -3.67. The molecule has 0 amide bonds. The first-order chi connectivity index (χ1) is 15.0. The molecule has 1 aromatic carbocycles. The summed E-state index contributed by atoms with van der Waals surface area (Å²) in [5, 5.41) is 0. The van der Waals surface area contributed by atoms with E-state index in [9.17, 15) is 13.2 Å². The molecule has 1 saturated carbocycles. The molecule has 3 rings (SSSR count). The first-order valence-corrected chi connectivity index (χ1v) is 14.0. The predicted molar refractivity (Wildman–Crippen MR) is 131 cm³/mol. The number of hydrogen-bond acceptors (Lipinski definition) is 6. The van der Waals surface area contributed by atoms with Crippen LogP contribution in [-0.4, -0.2) is 51.8 Å². The molecule has 9 heteroatoms. The fourth-order valence-corrected chi connectivity index (χ4v) is 6.96.